The Morgan fingerprint density at radius 2 is 2.20 bits per heavy atom. The van der Waals surface area contributed by atoms with Gasteiger partial charge < -0.3 is 10.7 Å². The van der Waals surface area contributed by atoms with Gasteiger partial charge in [0.2, 0.25) is 0 Å². The van der Waals surface area contributed by atoms with Gasteiger partial charge in [0.25, 0.3) is 0 Å². The highest BCUT2D eigenvalue weighted by molar-refractivity contribution is 7.99. The minimum atomic E-state index is 0.650. The molecule has 0 aliphatic heterocycles. The van der Waals surface area contributed by atoms with E-state index in [4.69, 9.17) is 5.73 Å². The van der Waals surface area contributed by atoms with E-state index in [1.165, 1.54) is 18.1 Å². The van der Waals surface area contributed by atoms with E-state index in [-0.39, 0.29) is 0 Å². The van der Waals surface area contributed by atoms with Crippen molar-refractivity contribution in [3.8, 4) is 0 Å². The minimum absolute atomic E-state index is 0.650. The van der Waals surface area contributed by atoms with Crippen LogP contribution in [-0.4, -0.2) is 29.7 Å². The van der Waals surface area contributed by atoms with Crippen molar-refractivity contribution in [2.24, 2.45) is 7.05 Å². The summed E-state index contributed by atoms with van der Waals surface area (Å²) in [5.41, 5.74) is 9.31. The number of aromatic amines is 1. The molecule has 7 nitrogen and oxygen atoms in total. The lowest BCUT2D eigenvalue weighted by Gasteiger charge is -2.03. The highest BCUT2D eigenvalue weighted by Crippen LogP contribution is 2.34. The molecule has 0 atom stereocenters. The molecule has 3 aromatic heterocycles. The molecular formula is C12H15N7S. The summed E-state index contributed by atoms with van der Waals surface area (Å²) in [5.74, 6) is 0. The number of fused-ring (bicyclic) bond motifs is 1. The lowest BCUT2D eigenvalue weighted by molar-refractivity contribution is 0.681. The Labute approximate surface area is 120 Å². The first-order valence-corrected chi connectivity index (χ1v) is 7.15. The summed E-state index contributed by atoms with van der Waals surface area (Å²) < 4.78 is 1.80. The predicted octanol–water partition coefficient (Wildman–Crippen LogP) is 1.77. The van der Waals surface area contributed by atoms with Gasteiger partial charge in [0.15, 0.2) is 5.65 Å². The van der Waals surface area contributed by atoms with Crippen molar-refractivity contribution in [2.45, 2.75) is 29.8 Å². The topological polar surface area (TPSA) is 98.3 Å². The standard InChI is InChI=1S/C12H15N7S/c1-3-4-7-8(13)12(19(2)18-7)20-11-9-10(15-5-14-9)16-6-17-11/h5-6H,3-4,13H2,1-2H3,(H,14,15,16,17). The molecule has 8 heteroatoms. The molecule has 0 radical (unpaired) electrons. The van der Waals surface area contributed by atoms with Crippen molar-refractivity contribution in [3.05, 3.63) is 18.3 Å². The molecule has 0 aromatic carbocycles. The average molecular weight is 289 g/mol. The molecule has 20 heavy (non-hydrogen) atoms. The number of nitrogens with zero attached hydrogens (tertiary/aromatic N) is 5. The number of hydrogen-bond donors (Lipinski definition) is 2. The Balaban J connectivity index is 2.01. The van der Waals surface area contributed by atoms with Crippen LogP contribution < -0.4 is 5.73 Å². The van der Waals surface area contributed by atoms with Crippen LogP contribution in [0.5, 0.6) is 0 Å². The third-order valence-electron chi connectivity index (χ3n) is 2.97. The third-order valence-corrected chi connectivity index (χ3v) is 4.15. The number of H-pyrrole nitrogens is 1. The minimum Gasteiger partial charge on any atom is -0.395 e. The number of aryl methyl sites for hydroxylation is 2. The summed E-state index contributed by atoms with van der Waals surface area (Å²) in [6, 6.07) is 0. The van der Waals surface area contributed by atoms with E-state index >= 15 is 0 Å². The van der Waals surface area contributed by atoms with E-state index in [2.05, 4.69) is 32.0 Å². The van der Waals surface area contributed by atoms with Crippen molar-refractivity contribution in [2.75, 3.05) is 5.73 Å². The molecule has 0 fully saturated rings. The Bertz CT molecular complexity index is 745. The fourth-order valence-corrected chi connectivity index (χ4v) is 2.97. The monoisotopic (exact) mass is 289 g/mol. The van der Waals surface area contributed by atoms with Crippen LogP contribution in [0, 0.1) is 0 Å². The Hall–Kier alpha value is -2.09. The van der Waals surface area contributed by atoms with Crippen LogP contribution in [0.2, 0.25) is 0 Å². The number of nitrogens with one attached hydrogen (secondary N) is 1. The highest BCUT2D eigenvalue weighted by Gasteiger charge is 2.16. The number of rotatable bonds is 4. The second-order valence-corrected chi connectivity index (χ2v) is 5.40. The smallest absolute Gasteiger partial charge is 0.181 e. The summed E-state index contributed by atoms with van der Waals surface area (Å²) in [7, 11) is 1.89. The van der Waals surface area contributed by atoms with Crippen LogP contribution in [0.15, 0.2) is 22.7 Å². The van der Waals surface area contributed by atoms with Gasteiger partial charge in [0.05, 0.1) is 17.7 Å². The lowest BCUT2D eigenvalue weighted by atomic mass is 10.2. The van der Waals surface area contributed by atoms with Crippen LogP contribution >= 0.6 is 11.8 Å². The van der Waals surface area contributed by atoms with Crippen LogP contribution in [0.25, 0.3) is 11.2 Å². The maximum absolute atomic E-state index is 6.18. The largest absolute Gasteiger partial charge is 0.395 e. The van der Waals surface area contributed by atoms with Gasteiger partial charge in [-0.2, -0.15) is 5.10 Å². The first-order chi connectivity index (χ1) is 9.70. The van der Waals surface area contributed by atoms with E-state index in [9.17, 15) is 0 Å². The molecule has 3 aromatic rings. The Morgan fingerprint density at radius 3 is 3.00 bits per heavy atom. The zero-order valence-electron chi connectivity index (χ0n) is 11.3. The summed E-state index contributed by atoms with van der Waals surface area (Å²) in [4.78, 5) is 15.6. The second kappa shape index (κ2) is 5.12. The maximum atomic E-state index is 6.18. The molecule has 0 aliphatic carbocycles. The fourth-order valence-electron chi connectivity index (χ4n) is 2.03. The van der Waals surface area contributed by atoms with Crippen molar-refractivity contribution in [1.29, 1.82) is 0 Å². The average Bonchev–Trinajstić information content (AvgIpc) is 3.00. The van der Waals surface area contributed by atoms with Gasteiger partial charge in [-0.25, -0.2) is 15.0 Å². The first-order valence-electron chi connectivity index (χ1n) is 6.34. The van der Waals surface area contributed by atoms with E-state index in [1.807, 2.05) is 7.05 Å². The zero-order chi connectivity index (χ0) is 14.1. The van der Waals surface area contributed by atoms with Crippen LogP contribution in [0.3, 0.4) is 0 Å². The van der Waals surface area contributed by atoms with Gasteiger partial charge >= 0.3 is 0 Å². The van der Waals surface area contributed by atoms with Crippen LogP contribution in [-0.2, 0) is 13.5 Å². The van der Waals surface area contributed by atoms with Crippen molar-refractivity contribution < 1.29 is 0 Å². The third kappa shape index (κ3) is 2.11. The summed E-state index contributed by atoms with van der Waals surface area (Å²) >= 11 is 1.47. The molecule has 0 saturated heterocycles. The number of hydrogen-bond acceptors (Lipinski definition) is 6. The molecular weight excluding hydrogens is 274 g/mol. The van der Waals surface area contributed by atoms with E-state index < -0.39 is 0 Å². The number of nitrogen functional groups attached to an aromatic ring is 1. The Kier molecular flexibility index (Phi) is 3.31. The lowest BCUT2D eigenvalue weighted by Crippen LogP contribution is -1.95. The van der Waals surface area contributed by atoms with E-state index in [0.717, 1.165) is 39.8 Å². The molecule has 0 amide bonds. The van der Waals surface area contributed by atoms with Crippen LogP contribution in [0.4, 0.5) is 5.69 Å². The number of nitrogens with two attached hydrogens (primary N) is 1. The van der Waals surface area contributed by atoms with Gasteiger partial charge in [-0.1, -0.05) is 13.3 Å². The molecule has 3 rings (SSSR count). The molecule has 0 saturated carbocycles. The predicted molar refractivity (Wildman–Crippen MR) is 77.4 cm³/mol. The van der Waals surface area contributed by atoms with Gasteiger partial charge in [0, 0.05) is 7.05 Å². The number of imidazole rings is 1. The molecule has 0 unspecified atom stereocenters. The van der Waals surface area contributed by atoms with Gasteiger partial charge in [-0.15, -0.1) is 0 Å². The van der Waals surface area contributed by atoms with Gasteiger partial charge in [-0.05, 0) is 18.2 Å². The van der Waals surface area contributed by atoms with Crippen molar-refractivity contribution >= 4 is 28.6 Å². The van der Waals surface area contributed by atoms with Gasteiger partial charge in [-0.3, -0.25) is 4.68 Å². The van der Waals surface area contributed by atoms with Crippen LogP contribution in [0.1, 0.15) is 19.0 Å². The fraction of sp³-hybridized carbons (Fsp3) is 0.333. The normalized spacial score (nSPS) is 11.3. The second-order valence-electron chi connectivity index (χ2n) is 4.42. The molecule has 3 heterocycles. The van der Waals surface area contributed by atoms with Crippen molar-refractivity contribution in [1.82, 2.24) is 29.7 Å². The molecule has 0 spiro atoms. The number of aromatic nitrogens is 6. The molecule has 104 valence electrons. The van der Waals surface area contributed by atoms with Crippen molar-refractivity contribution in [3.63, 3.8) is 0 Å². The van der Waals surface area contributed by atoms with E-state index in [1.54, 1.807) is 11.0 Å². The van der Waals surface area contributed by atoms with E-state index in [0.29, 0.717) is 5.65 Å². The first kappa shape index (κ1) is 12.9. The zero-order valence-corrected chi connectivity index (χ0v) is 12.1. The molecule has 0 bridgehead atoms. The summed E-state index contributed by atoms with van der Waals surface area (Å²) in [6.45, 7) is 2.11. The summed E-state index contributed by atoms with van der Waals surface area (Å²) in [5, 5.41) is 6.15. The highest BCUT2D eigenvalue weighted by atomic mass is 32.2. The quantitative estimate of drug-likeness (QED) is 0.710. The van der Waals surface area contributed by atoms with Gasteiger partial charge in [0.1, 0.15) is 21.9 Å². The SMILES string of the molecule is CCCc1nn(C)c(Sc2ncnc3nc[nH]c23)c1N. The molecule has 0 aliphatic rings. The maximum Gasteiger partial charge on any atom is 0.181 e. The summed E-state index contributed by atoms with van der Waals surface area (Å²) in [6.07, 6.45) is 5.01. The number of anilines is 1. The Morgan fingerprint density at radius 1 is 1.35 bits per heavy atom. The molecule has 3 N–H and O–H groups in total.